The first-order valence-corrected chi connectivity index (χ1v) is 9.16. The number of aryl methyl sites for hydroxylation is 1. The topological polar surface area (TPSA) is 40.6 Å². The molecule has 2 heterocycles. The van der Waals surface area contributed by atoms with E-state index in [9.17, 15) is 8.42 Å². The lowest BCUT2D eigenvalue weighted by Gasteiger charge is -2.33. The molecular formula is C11H16Cl2N2O2S2. The quantitative estimate of drug-likeness (QED) is 0.788. The van der Waals surface area contributed by atoms with Gasteiger partial charge in [-0.05, 0) is 18.6 Å². The summed E-state index contributed by atoms with van der Waals surface area (Å²) in [7, 11) is -3.39. The van der Waals surface area contributed by atoms with Crippen LogP contribution in [0.3, 0.4) is 0 Å². The summed E-state index contributed by atoms with van der Waals surface area (Å²) in [6, 6.07) is 1.65. The molecule has 0 atom stereocenters. The minimum atomic E-state index is -3.39. The average Bonchev–Trinajstić information content (AvgIpc) is 2.71. The molecule has 1 saturated heterocycles. The third-order valence-corrected chi connectivity index (χ3v) is 7.23. The van der Waals surface area contributed by atoms with Crippen LogP contribution in [0.4, 0.5) is 0 Å². The van der Waals surface area contributed by atoms with Gasteiger partial charge in [-0.3, -0.25) is 4.90 Å². The number of nitrogens with zero attached hydrogens (tertiary/aromatic N) is 2. The number of alkyl halides is 1. The predicted molar refractivity (Wildman–Crippen MR) is 80.0 cm³/mol. The van der Waals surface area contributed by atoms with E-state index in [4.69, 9.17) is 23.2 Å². The van der Waals surface area contributed by atoms with Gasteiger partial charge in [0, 0.05) is 38.6 Å². The Morgan fingerprint density at radius 2 is 1.95 bits per heavy atom. The van der Waals surface area contributed by atoms with Gasteiger partial charge in [0.15, 0.2) is 0 Å². The zero-order chi connectivity index (χ0) is 14.0. The molecule has 8 heteroatoms. The zero-order valence-corrected chi connectivity index (χ0v) is 13.7. The maximum atomic E-state index is 12.5. The summed E-state index contributed by atoms with van der Waals surface area (Å²) < 4.78 is 27.3. The van der Waals surface area contributed by atoms with Crippen molar-refractivity contribution in [3.05, 3.63) is 16.0 Å². The van der Waals surface area contributed by atoms with Crippen LogP contribution in [-0.4, -0.2) is 56.2 Å². The fourth-order valence-electron chi connectivity index (χ4n) is 2.00. The zero-order valence-electron chi connectivity index (χ0n) is 10.6. The fourth-order valence-corrected chi connectivity index (χ4v) is 5.52. The highest BCUT2D eigenvalue weighted by atomic mass is 35.5. The first-order chi connectivity index (χ1) is 8.95. The van der Waals surface area contributed by atoms with E-state index in [0.717, 1.165) is 36.5 Å². The highest BCUT2D eigenvalue weighted by Crippen LogP contribution is 2.32. The number of hydrogen-bond acceptors (Lipinski definition) is 4. The predicted octanol–water partition coefficient (Wildman–Crippen LogP) is 2.26. The Morgan fingerprint density at radius 1 is 1.32 bits per heavy atom. The van der Waals surface area contributed by atoms with Gasteiger partial charge in [0.2, 0.25) is 0 Å². The number of thiophene rings is 1. The smallest absolute Gasteiger partial charge is 0.252 e. The number of sulfonamides is 1. The van der Waals surface area contributed by atoms with Gasteiger partial charge in [0.1, 0.15) is 4.21 Å². The minimum Gasteiger partial charge on any atom is -0.300 e. The largest absolute Gasteiger partial charge is 0.300 e. The summed E-state index contributed by atoms with van der Waals surface area (Å²) in [6.45, 7) is 5.09. The molecule has 1 aliphatic rings. The van der Waals surface area contributed by atoms with Crippen LogP contribution >= 0.6 is 34.5 Å². The van der Waals surface area contributed by atoms with Crippen LogP contribution < -0.4 is 0 Å². The monoisotopic (exact) mass is 342 g/mol. The van der Waals surface area contributed by atoms with Crippen molar-refractivity contribution in [2.45, 2.75) is 11.1 Å². The van der Waals surface area contributed by atoms with E-state index in [-0.39, 0.29) is 0 Å². The Bertz CT molecular complexity index is 517. The lowest BCUT2D eigenvalue weighted by Crippen LogP contribution is -2.48. The lowest BCUT2D eigenvalue weighted by molar-refractivity contribution is 0.197. The van der Waals surface area contributed by atoms with Gasteiger partial charge in [-0.2, -0.15) is 4.31 Å². The fraction of sp³-hybridized carbons (Fsp3) is 0.636. The van der Waals surface area contributed by atoms with Crippen LogP contribution in [0.5, 0.6) is 0 Å². The molecule has 0 N–H and O–H groups in total. The second kappa shape index (κ2) is 6.28. The second-order valence-corrected chi connectivity index (χ2v) is 8.65. The summed E-state index contributed by atoms with van der Waals surface area (Å²) in [5.74, 6) is 0.576. The number of rotatable bonds is 4. The van der Waals surface area contributed by atoms with Crippen LogP contribution in [0.2, 0.25) is 4.34 Å². The number of piperazine rings is 1. The molecular weight excluding hydrogens is 327 g/mol. The van der Waals surface area contributed by atoms with Crippen molar-refractivity contribution in [3.63, 3.8) is 0 Å². The molecule has 1 aliphatic heterocycles. The molecule has 108 valence electrons. The van der Waals surface area contributed by atoms with Crippen molar-refractivity contribution >= 4 is 44.6 Å². The third kappa shape index (κ3) is 3.43. The maximum Gasteiger partial charge on any atom is 0.252 e. The average molecular weight is 343 g/mol. The van der Waals surface area contributed by atoms with Crippen molar-refractivity contribution in [1.29, 1.82) is 0 Å². The van der Waals surface area contributed by atoms with Crippen molar-refractivity contribution in [2.75, 3.05) is 38.6 Å². The first kappa shape index (κ1) is 15.5. The van der Waals surface area contributed by atoms with E-state index < -0.39 is 10.0 Å². The van der Waals surface area contributed by atoms with Crippen LogP contribution in [-0.2, 0) is 10.0 Å². The SMILES string of the molecule is Cc1cc(S(=O)(=O)N2CCN(CCCl)CC2)sc1Cl. The Hall–Kier alpha value is 0.150. The normalized spacial score (nSPS) is 18.9. The van der Waals surface area contributed by atoms with Gasteiger partial charge in [0.25, 0.3) is 10.0 Å². The van der Waals surface area contributed by atoms with Crippen LogP contribution in [0.15, 0.2) is 10.3 Å². The van der Waals surface area contributed by atoms with Crippen molar-refractivity contribution in [2.24, 2.45) is 0 Å². The molecule has 1 aromatic rings. The van der Waals surface area contributed by atoms with Crippen molar-refractivity contribution in [3.8, 4) is 0 Å². The summed E-state index contributed by atoms with van der Waals surface area (Å²) >= 11 is 12.8. The van der Waals surface area contributed by atoms with Gasteiger partial charge in [0.05, 0.1) is 4.34 Å². The number of hydrogen-bond donors (Lipinski definition) is 0. The lowest BCUT2D eigenvalue weighted by atomic mass is 10.4. The van der Waals surface area contributed by atoms with Gasteiger partial charge >= 0.3 is 0 Å². The molecule has 1 fully saturated rings. The molecule has 0 amide bonds. The molecule has 0 bridgehead atoms. The Kier molecular flexibility index (Phi) is 5.14. The molecule has 2 rings (SSSR count). The molecule has 0 radical (unpaired) electrons. The molecule has 4 nitrogen and oxygen atoms in total. The van der Waals surface area contributed by atoms with Crippen molar-refractivity contribution in [1.82, 2.24) is 9.21 Å². The molecule has 0 unspecified atom stereocenters. The first-order valence-electron chi connectivity index (χ1n) is 5.99. The Labute approximate surface area is 128 Å². The highest BCUT2D eigenvalue weighted by molar-refractivity contribution is 7.91. The van der Waals surface area contributed by atoms with Gasteiger partial charge in [-0.25, -0.2) is 8.42 Å². The van der Waals surface area contributed by atoms with Crippen LogP contribution in [0.1, 0.15) is 5.56 Å². The summed E-state index contributed by atoms with van der Waals surface area (Å²) in [4.78, 5) is 2.17. The van der Waals surface area contributed by atoms with E-state index in [1.165, 1.54) is 4.31 Å². The highest BCUT2D eigenvalue weighted by Gasteiger charge is 2.29. The minimum absolute atomic E-state index is 0.334. The van der Waals surface area contributed by atoms with Gasteiger partial charge in [-0.15, -0.1) is 22.9 Å². The number of halogens is 2. The van der Waals surface area contributed by atoms with E-state index in [1.807, 2.05) is 6.92 Å². The molecule has 19 heavy (non-hydrogen) atoms. The van der Waals surface area contributed by atoms with Crippen molar-refractivity contribution < 1.29 is 8.42 Å². The van der Waals surface area contributed by atoms with Crippen LogP contribution in [0, 0.1) is 6.92 Å². The second-order valence-electron chi connectivity index (χ2n) is 4.46. The van der Waals surface area contributed by atoms with Gasteiger partial charge < -0.3 is 0 Å². The Balaban J connectivity index is 2.09. The van der Waals surface area contributed by atoms with E-state index in [0.29, 0.717) is 27.5 Å². The summed E-state index contributed by atoms with van der Waals surface area (Å²) in [6.07, 6.45) is 0. The molecule has 0 aromatic carbocycles. The Morgan fingerprint density at radius 3 is 2.42 bits per heavy atom. The van der Waals surface area contributed by atoms with E-state index in [1.54, 1.807) is 6.07 Å². The van der Waals surface area contributed by atoms with Crippen LogP contribution in [0.25, 0.3) is 0 Å². The van der Waals surface area contributed by atoms with E-state index >= 15 is 0 Å². The maximum absolute atomic E-state index is 12.5. The molecule has 0 saturated carbocycles. The summed E-state index contributed by atoms with van der Waals surface area (Å²) in [5, 5.41) is 0. The molecule has 0 spiro atoms. The summed E-state index contributed by atoms with van der Waals surface area (Å²) in [5.41, 5.74) is 0.811. The standard InChI is InChI=1S/C11H16Cl2N2O2S2/c1-9-8-10(18-11(9)13)19(16,17)15-6-4-14(3-2-12)5-7-15/h8H,2-7H2,1H3. The molecule has 1 aromatic heterocycles. The molecule has 0 aliphatic carbocycles. The van der Waals surface area contributed by atoms with E-state index in [2.05, 4.69) is 4.90 Å². The third-order valence-electron chi connectivity index (χ3n) is 3.16. The van der Waals surface area contributed by atoms with Gasteiger partial charge in [-0.1, -0.05) is 11.6 Å².